The molecule has 0 radical (unpaired) electrons. The highest BCUT2D eigenvalue weighted by atomic mass is 32.2. The van der Waals surface area contributed by atoms with E-state index in [1.165, 1.54) is 27.8 Å². The van der Waals surface area contributed by atoms with Gasteiger partial charge in [-0.05, 0) is 68.5 Å². The van der Waals surface area contributed by atoms with Gasteiger partial charge >= 0.3 is 0 Å². The molecule has 8 nitrogen and oxygen atoms in total. The van der Waals surface area contributed by atoms with Crippen molar-refractivity contribution in [2.75, 3.05) is 50.0 Å². The SMILES string of the molecule is COc1ccc2sc(N(CCN(C)C)C(=O)c3ccc(S(=O)(=O)N4CCc5ccccc54)cc3)nc2c1. The number of amides is 1. The second kappa shape index (κ2) is 10.1. The predicted octanol–water partition coefficient (Wildman–Crippen LogP) is 4.26. The summed E-state index contributed by atoms with van der Waals surface area (Å²) in [5.74, 6) is 0.469. The molecule has 0 bridgehead atoms. The maximum absolute atomic E-state index is 13.6. The lowest BCUT2D eigenvalue weighted by Gasteiger charge is -2.22. The number of anilines is 2. The van der Waals surface area contributed by atoms with Crippen LogP contribution in [-0.4, -0.2) is 65.0 Å². The van der Waals surface area contributed by atoms with Gasteiger partial charge in [0.1, 0.15) is 5.75 Å². The van der Waals surface area contributed by atoms with Crippen LogP contribution in [0.1, 0.15) is 15.9 Å². The molecule has 0 unspecified atom stereocenters. The number of nitrogens with zero attached hydrogens (tertiary/aromatic N) is 4. The van der Waals surface area contributed by atoms with Crippen molar-refractivity contribution in [3.05, 3.63) is 77.9 Å². The molecule has 10 heteroatoms. The second-order valence-corrected chi connectivity index (χ2v) is 11.9. The van der Waals surface area contributed by atoms with E-state index >= 15 is 0 Å². The van der Waals surface area contributed by atoms with Gasteiger partial charge in [0.05, 0.1) is 27.9 Å². The van der Waals surface area contributed by atoms with Gasteiger partial charge in [-0.15, -0.1) is 0 Å². The maximum atomic E-state index is 13.6. The van der Waals surface area contributed by atoms with E-state index in [9.17, 15) is 13.2 Å². The predicted molar refractivity (Wildman–Crippen MR) is 148 cm³/mol. The molecule has 3 aromatic carbocycles. The normalized spacial score (nSPS) is 13.2. The molecular weight excluding hydrogens is 508 g/mol. The van der Waals surface area contributed by atoms with E-state index in [1.807, 2.05) is 61.5 Å². The third-order valence-corrected chi connectivity index (χ3v) is 9.25. The molecule has 0 fully saturated rings. The number of ether oxygens (including phenoxy) is 1. The number of sulfonamides is 1. The molecule has 0 spiro atoms. The van der Waals surface area contributed by atoms with Gasteiger partial charge in [-0.25, -0.2) is 13.4 Å². The van der Waals surface area contributed by atoms with Gasteiger partial charge in [0.25, 0.3) is 15.9 Å². The minimum absolute atomic E-state index is 0.160. The molecule has 192 valence electrons. The van der Waals surface area contributed by atoms with Crippen molar-refractivity contribution < 1.29 is 17.9 Å². The number of hydrogen-bond acceptors (Lipinski definition) is 7. The topological polar surface area (TPSA) is 83.0 Å². The zero-order valence-corrected chi connectivity index (χ0v) is 22.6. The molecule has 0 N–H and O–H groups in total. The standard InChI is InChI=1S/C27H28N4O4S2/c1-29(2)16-17-30(27-28-23-18-21(35-3)10-13-25(23)36-27)26(32)20-8-11-22(12-9-20)37(33,34)31-15-14-19-6-4-5-7-24(19)31/h4-13,18H,14-17H2,1-3H3. The van der Waals surface area contributed by atoms with Crippen LogP contribution in [0.15, 0.2) is 71.6 Å². The summed E-state index contributed by atoms with van der Waals surface area (Å²) in [4.78, 5) is 22.1. The lowest BCUT2D eigenvalue weighted by atomic mass is 10.2. The Bertz CT molecular complexity index is 1550. The third-order valence-electron chi connectivity index (χ3n) is 6.36. The Labute approximate surface area is 220 Å². The number of benzene rings is 3. The third kappa shape index (κ3) is 4.92. The van der Waals surface area contributed by atoms with Gasteiger partial charge in [0.2, 0.25) is 0 Å². The number of aromatic nitrogens is 1. The van der Waals surface area contributed by atoms with Crippen molar-refractivity contribution in [3.8, 4) is 5.75 Å². The number of rotatable bonds is 8. The van der Waals surface area contributed by atoms with Crippen LogP contribution in [0.4, 0.5) is 10.8 Å². The Hall–Kier alpha value is -3.47. The second-order valence-electron chi connectivity index (χ2n) is 9.07. The summed E-state index contributed by atoms with van der Waals surface area (Å²) in [5, 5.41) is 0.584. The molecule has 0 saturated heterocycles. The fourth-order valence-electron chi connectivity index (χ4n) is 4.33. The number of thiazole rings is 1. The van der Waals surface area contributed by atoms with E-state index in [-0.39, 0.29) is 10.8 Å². The van der Waals surface area contributed by atoms with Crippen molar-refractivity contribution in [2.24, 2.45) is 0 Å². The van der Waals surface area contributed by atoms with Gasteiger partial charge in [0.15, 0.2) is 5.13 Å². The van der Waals surface area contributed by atoms with E-state index in [0.29, 0.717) is 48.2 Å². The monoisotopic (exact) mass is 536 g/mol. The van der Waals surface area contributed by atoms with Crippen LogP contribution in [0.3, 0.4) is 0 Å². The van der Waals surface area contributed by atoms with Crippen molar-refractivity contribution >= 4 is 48.3 Å². The molecule has 0 atom stereocenters. The number of carbonyl (C=O) groups is 1. The number of carbonyl (C=O) groups excluding carboxylic acids is 1. The summed E-state index contributed by atoms with van der Waals surface area (Å²) < 4.78 is 34.4. The van der Waals surface area contributed by atoms with E-state index in [4.69, 9.17) is 9.72 Å². The molecular formula is C27H28N4O4S2. The Morgan fingerprint density at radius 2 is 1.81 bits per heavy atom. The Kier molecular flexibility index (Phi) is 6.89. The molecule has 1 aromatic heterocycles. The molecule has 5 rings (SSSR count). The van der Waals surface area contributed by atoms with Crippen molar-refractivity contribution in [1.29, 1.82) is 0 Å². The average Bonchev–Trinajstić information content (AvgIpc) is 3.53. The van der Waals surface area contributed by atoms with Crippen LogP contribution in [0.25, 0.3) is 10.2 Å². The van der Waals surface area contributed by atoms with Crippen molar-refractivity contribution in [2.45, 2.75) is 11.3 Å². The number of methoxy groups -OCH3 is 1. The summed E-state index contributed by atoms with van der Waals surface area (Å²) in [6.07, 6.45) is 0.681. The lowest BCUT2D eigenvalue weighted by Crippen LogP contribution is -2.36. The summed E-state index contributed by atoms with van der Waals surface area (Å²) >= 11 is 1.43. The van der Waals surface area contributed by atoms with Gasteiger partial charge in [-0.1, -0.05) is 29.5 Å². The number of fused-ring (bicyclic) bond motifs is 2. The first-order valence-electron chi connectivity index (χ1n) is 11.9. The summed E-state index contributed by atoms with van der Waals surface area (Å²) in [6.45, 7) is 1.49. The smallest absolute Gasteiger partial charge is 0.264 e. The number of likely N-dealkylation sites (N-methyl/N-ethyl adjacent to an activating group) is 1. The molecule has 37 heavy (non-hydrogen) atoms. The Morgan fingerprint density at radius 3 is 2.54 bits per heavy atom. The highest BCUT2D eigenvalue weighted by Crippen LogP contribution is 2.34. The first-order chi connectivity index (χ1) is 17.8. The highest BCUT2D eigenvalue weighted by molar-refractivity contribution is 7.92. The minimum atomic E-state index is -3.73. The van der Waals surface area contributed by atoms with Crippen molar-refractivity contribution in [3.63, 3.8) is 0 Å². The summed E-state index contributed by atoms with van der Waals surface area (Å²) in [7, 11) is 1.76. The zero-order valence-electron chi connectivity index (χ0n) is 20.9. The van der Waals surface area contributed by atoms with Gasteiger partial charge in [-0.2, -0.15) is 0 Å². The average molecular weight is 537 g/mol. The van der Waals surface area contributed by atoms with Crippen LogP contribution in [0.2, 0.25) is 0 Å². The molecule has 0 saturated carbocycles. The molecule has 0 aliphatic carbocycles. The zero-order chi connectivity index (χ0) is 26.2. The van der Waals surface area contributed by atoms with Crippen LogP contribution < -0.4 is 13.9 Å². The maximum Gasteiger partial charge on any atom is 0.264 e. The molecule has 1 aliphatic rings. The first-order valence-corrected chi connectivity index (χ1v) is 14.2. The Morgan fingerprint density at radius 1 is 1.05 bits per heavy atom. The van der Waals surface area contributed by atoms with Gasteiger partial charge in [-0.3, -0.25) is 14.0 Å². The summed E-state index contributed by atoms with van der Waals surface area (Å²) in [5.41, 5.74) is 2.89. The Balaban J connectivity index is 1.43. The molecule has 1 aliphatic heterocycles. The van der Waals surface area contributed by atoms with E-state index < -0.39 is 10.0 Å². The summed E-state index contributed by atoms with van der Waals surface area (Å²) in [6, 6.07) is 19.4. The fourth-order valence-corrected chi connectivity index (χ4v) is 6.81. The first kappa shape index (κ1) is 25.2. The minimum Gasteiger partial charge on any atom is -0.497 e. The van der Waals surface area contributed by atoms with E-state index in [0.717, 1.165) is 15.8 Å². The number of para-hydroxylation sites is 1. The quantitative estimate of drug-likeness (QED) is 0.335. The van der Waals surface area contributed by atoms with Crippen LogP contribution in [0, 0.1) is 0 Å². The van der Waals surface area contributed by atoms with Gasteiger partial charge in [0, 0.05) is 31.3 Å². The van der Waals surface area contributed by atoms with Crippen molar-refractivity contribution in [1.82, 2.24) is 9.88 Å². The van der Waals surface area contributed by atoms with Crippen LogP contribution >= 0.6 is 11.3 Å². The molecule has 2 heterocycles. The molecule has 4 aromatic rings. The van der Waals surface area contributed by atoms with Gasteiger partial charge < -0.3 is 9.64 Å². The van der Waals surface area contributed by atoms with E-state index in [2.05, 4.69) is 0 Å². The molecule has 1 amide bonds. The highest BCUT2D eigenvalue weighted by Gasteiger charge is 2.31. The lowest BCUT2D eigenvalue weighted by molar-refractivity contribution is 0.0985. The van der Waals surface area contributed by atoms with Crippen LogP contribution in [0.5, 0.6) is 5.75 Å². The largest absolute Gasteiger partial charge is 0.497 e. The van der Waals surface area contributed by atoms with Crippen LogP contribution in [-0.2, 0) is 16.4 Å². The van der Waals surface area contributed by atoms with E-state index in [1.54, 1.807) is 24.1 Å². The number of hydrogen-bond donors (Lipinski definition) is 0. The fraction of sp³-hybridized carbons (Fsp3) is 0.259.